The number of aliphatic carboxylic acids is 1. The predicted octanol–water partition coefficient (Wildman–Crippen LogP) is -3.74. The number of nitrogens with one attached hydrogen (secondary N) is 1. The molecule has 3 rings (SSSR count). The molecular weight excluding hydrogens is 408 g/mol. The largest absolute Gasteiger partial charge is 0.479 e. The average Bonchev–Trinajstić information content (AvgIpc) is 3.14. The summed E-state index contributed by atoms with van der Waals surface area (Å²) >= 11 is 0. The van der Waals surface area contributed by atoms with Crippen LogP contribution in [0, 0.1) is 0 Å². The standard InChI is InChI=1S/C17H28N2O11/c1-5(15(24)25)27-14-9(18)16-26-4-8(29-16)13(14)30-17-10(19-6(2)21)12(23)11(22)7(3-20)28-17/h5,7-14,16-17,20,22-23H,3-4,18H2,1-2H3,(H,19,21)(H,24,25). The number of fused-ring (bicyclic) bond motifs is 2. The monoisotopic (exact) mass is 436 g/mol. The Morgan fingerprint density at radius 2 is 1.93 bits per heavy atom. The highest BCUT2D eigenvalue weighted by molar-refractivity contribution is 5.73. The third-order valence-corrected chi connectivity index (χ3v) is 5.37. The number of carbonyl (C=O) groups excluding carboxylic acids is 1. The van der Waals surface area contributed by atoms with Crippen molar-refractivity contribution in [2.75, 3.05) is 13.2 Å². The fraction of sp³-hybridized carbons (Fsp3) is 0.882. The first-order valence-corrected chi connectivity index (χ1v) is 9.60. The van der Waals surface area contributed by atoms with Crippen LogP contribution in [0.2, 0.25) is 0 Å². The van der Waals surface area contributed by atoms with Crippen LogP contribution in [-0.2, 0) is 33.3 Å². The highest BCUT2D eigenvalue weighted by Crippen LogP contribution is 2.34. The van der Waals surface area contributed by atoms with E-state index in [9.17, 15) is 30.0 Å². The molecule has 2 bridgehead atoms. The van der Waals surface area contributed by atoms with E-state index in [0.29, 0.717) is 0 Å². The number of ether oxygens (including phenoxy) is 5. The molecule has 3 saturated heterocycles. The number of hydrogen-bond donors (Lipinski definition) is 6. The predicted molar refractivity (Wildman–Crippen MR) is 94.8 cm³/mol. The molecule has 0 spiro atoms. The number of amides is 1. The van der Waals surface area contributed by atoms with Crippen LogP contribution in [0.4, 0.5) is 0 Å². The van der Waals surface area contributed by atoms with Crippen LogP contribution >= 0.6 is 0 Å². The molecule has 3 aliphatic rings. The van der Waals surface area contributed by atoms with Gasteiger partial charge in [0.05, 0.1) is 19.3 Å². The molecular formula is C17H28N2O11. The SMILES string of the molecule is CC(=O)NC1C(OC2C3COC(O3)C(N)C2OC(C)C(=O)O)OC(CO)C(O)C1O. The van der Waals surface area contributed by atoms with Crippen molar-refractivity contribution < 1.29 is 53.7 Å². The second-order valence-electron chi connectivity index (χ2n) is 7.57. The number of nitrogens with two attached hydrogens (primary N) is 1. The lowest BCUT2D eigenvalue weighted by Crippen LogP contribution is -2.67. The summed E-state index contributed by atoms with van der Waals surface area (Å²) in [5, 5.41) is 41.7. The zero-order valence-electron chi connectivity index (χ0n) is 16.5. The van der Waals surface area contributed by atoms with Crippen LogP contribution in [0.3, 0.4) is 0 Å². The summed E-state index contributed by atoms with van der Waals surface area (Å²) in [5.74, 6) is -1.72. The van der Waals surface area contributed by atoms with Gasteiger partial charge in [-0.15, -0.1) is 0 Å². The Balaban J connectivity index is 1.84. The number of carboxylic acid groups (broad SMARTS) is 1. The van der Waals surface area contributed by atoms with Gasteiger partial charge in [-0.05, 0) is 6.92 Å². The Morgan fingerprint density at radius 1 is 1.23 bits per heavy atom. The summed E-state index contributed by atoms with van der Waals surface area (Å²) in [6.07, 6.45) is -10.1. The smallest absolute Gasteiger partial charge is 0.332 e. The van der Waals surface area contributed by atoms with E-state index in [4.69, 9.17) is 29.4 Å². The number of carboxylic acids is 1. The number of carbonyl (C=O) groups is 2. The third kappa shape index (κ3) is 4.59. The van der Waals surface area contributed by atoms with E-state index in [2.05, 4.69) is 5.32 Å². The molecule has 0 aliphatic carbocycles. The lowest BCUT2D eigenvalue weighted by atomic mass is 9.95. The van der Waals surface area contributed by atoms with Crippen molar-refractivity contribution in [3.63, 3.8) is 0 Å². The maximum absolute atomic E-state index is 11.6. The highest BCUT2D eigenvalue weighted by atomic mass is 16.8. The van der Waals surface area contributed by atoms with Crippen LogP contribution in [0.25, 0.3) is 0 Å². The van der Waals surface area contributed by atoms with Crippen molar-refractivity contribution in [2.45, 2.75) is 81.2 Å². The van der Waals surface area contributed by atoms with Crippen LogP contribution in [-0.4, -0.2) is 113 Å². The van der Waals surface area contributed by atoms with E-state index < -0.39 is 85.9 Å². The second kappa shape index (κ2) is 9.38. The third-order valence-electron chi connectivity index (χ3n) is 5.37. The van der Waals surface area contributed by atoms with Gasteiger partial charge in [-0.3, -0.25) is 4.79 Å². The first kappa shape index (κ1) is 23.2. The van der Waals surface area contributed by atoms with E-state index in [-0.39, 0.29) is 6.61 Å². The Morgan fingerprint density at radius 3 is 2.53 bits per heavy atom. The Kier molecular flexibility index (Phi) is 7.27. The minimum absolute atomic E-state index is 0.0937. The van der Waals surface area contributed by atoms with E-state index in [1.54, 1.807) is 0 Å². The van der Waals surface area contributed by atoms with Crippen LogP contribution in [0.5, 0.6) is 0 Å². The number of aliphatic hydroxyl groups is 3. The summed E-state index contributed by atoms with van der Waals surface area (Å²) in [6.45, 7) is 2.03. The number of hydrogen-bond acceptors (Lipinski definition) is 11. The first-order valence-electron chi connectivity index (χ1n) is 9.60. The van der Waals surface area contributed by atoms with Gasteiger partial charge >= 0.3 is 5.97 Å². The summed E-state index contributed by atoms with van der Waals surface area (Å²) in [4.78, 5) is 22.9. The molecule has 30 heavy (non-hydrogen) atoms. The maximum atomic E-state index is 11.6. The zero-order valence-corrected chi connectivity index (χ0v) is 16.5. The van der Waals surface area contributed by atoms with E-state index >= 15 is 0 Å². The van der Waals surface area contributed by atoms with Gasteiger partial charge in [0.15, 0.2) is 18.7 Å². The summed E-state index contributed by atoms with van der Waals surface area (Å²) in [5.41, 5.74) is 6.13. The minimum Gasteiger partial charge on any atom is -0.479 e. The number of rotatable bonds is 7. The molecule has 0 saturated carbocycles. The van der Waals surface area contributed by atoms with E-state index in [1.807, 2.05) is 0 Å². The van der Waals surface area contributed by atoms with Gasteiger partial charge < -0.3 is 55.2 Å². The second-order valence-corrected chi connectivity index (χ2v) is 7.57. The van der Waals surface area contributed by atoms with Gasteiger partial charge in [-0.2, -0.15) is 0 Å². The number of aliphatic hydroxyl groups excluding tert-OH is 3. The Labute approximate surface area is 172 Å². The maximum Gasteiger partial charge on any atom is 0.332 e. The Bertz CT molecular complexity index is 637. The van der Waals surface area contributed by atoms with E-state index in [0.717, 1.165) is 0 Å². The summed E-state index contributed by atoms with van der Waals surface area (Å²) < 4.78 is 28.3. The van der Waals surface area contributed by atoms with Gasteiger partial charge in [0.1, 0.15) is 42.7 Å². The molecule has 11 atom stereocenters. The fourth-order valence-electron chi connectivity index (χ4n) is 3.77. The summed E-state index contributed by atoms with van der Waals surface area (Å²) in [7, 11) is 0. The van der Waals surface area contributed by atoms with Crippen molar-refractivity contribution in [3.8, 4) is 0 Å². The van der Waals surface area contributed by atoms with Gasteiger partial charge in [-0.1, -0.05) is 0 Å². The van der Waals surface area contributed by atoms with E-state index in [1.165, 1.54) is 13.8 Å². The molecule has 0 aromatic heterocycles. The average molecular weight is 436 g/mol. The molecule has 3 fully saturated rings. The molecule has 1 amide bonds. The first-order chi connectivity index (χ1) is 14.1. The highest BCUT2D eigenvalue weighted by Gasteiger charge is 2.54. The molecule has 172 valence electrons. The lowest BCUT2D eigenvalue weighted by Gasteiger charge is -2.46. The summed E-state index contributed by atoms with van der Waals surface area (Å²) in [6, 6.07) is -2.07. The molecule has 0 aromatic rings. The van der Waals surface area contributed by atoms with Crippen LogP contribution < -0.4 is 11.1 Å². The molecule has 13 heteroatoms. The molecule has 11 unspecified atom stereocenters. The Hall–Kier alpha value is -1.42. The molecule has 0 radical (unpaired) electrons. The van der Waals surface area contributed by atoms with Crippen molar-refractivity contribution in [1.82, 2.24) is 5.32 Å². The molecule has 0 aromatic carbocycles. The van der Waals surface area contributed by atoms with Gasteiger partial charge in [0, 0.05) is 6.92 Å². The topological polar surface area (TPSA) is 199 Å². The molecule has 3 aliphatic heterocycles. The van der Waals surface area contributed by atoms with Gasteiger partial charge in [0.25, 0.3) is 0 Å². The molecule has 7 N–H and O–H groups in total. The van der Waals surface area contributed by atoms with Crippen LogP contribution in [0.15, 0.2) is 0 Å². The quantitative estimate of drug-likeness (QED) is 0.228. The van der Waals surface area contributed by atoms with Crippen molar-refractivity contribution in [2.24, 2.45) is 5.73 Å². The van der Waals surface area contributed by atoms with Gasteiger partial charge in [0.2, 0.25) is 5.91 Å². The fourth-order valence-corrected chi connectivity index (χ4v) is 3.77. The van der Waals surface area contributed by atoms with Gasteiger partial charge in [-0.25, -0.2) is 4.79 Å². The lowest BCUT2D eigenvalue weighted by molar-refractivity contribution is -0.312. The van der Waals surface area contributed by atoms with Crippen molar-refractivity contribution in [3.05, 3.63) is 0 Å². The normalized spacial score (nSPS) is 44.5. The molecule has 3 heterocycles. The minimum atomic E-state index is -1.51. The van der Waals surface area contributed by atoms with Crippen molar-refractivity contribution in [1.29, 1.82) is 0 Å². The zero-order chi connectivity index (χ0) is 22.2. The molecule has 13 nitrogen and oxygen atoms in total. The van der Waals surface area contributed by atoms with Crippen molar-refractivity contribution >= 4 is 11.9 Å². The van der Waals surface area contributed by atoms with Crippen LogP contribution in [0.1, 0.15) is 13.8 Å².